The zero-order valence-corrected chi connectivity index (χ0v) is 16.4. The van der Waals surface area contributed by atoms with E-state index in [1.165, 1.54) is 17.2 Å². The highest BCUT2D eigenvalue weighted by Gasteiger charge is 2.18. The Balaban J connectivity index is 1.89. The fraction of sp³-hybridized carbons (Fsp3) is 0.160. The van der Waals surface area contributed by atoms with Gasteiger partial charge in [0.15, 0.2) is 0 Å². The molecule has 3 aromatic carbocycles. The molecule has 0 saturated carbocycles. The number of rotatable bonds is 4. The highest BCUT2D eigenvalue weighted by atomic mass is 19.1. The molecule has 0 saturated heterocycles. The Hall–Kier alpha value is -3.20. The summed E-state index contributed by atoms with van der Waals surface area (Å²) < 4.78 is 15.7. The van der Waals surface area contributed by atoms with Gasteiger partial charge in [-0.2, -0.15) is 5.10 Å². The molecule has 0 aliphatic rings. The molecule has 1 heterocycles. The van der Waals surface area contributed by atoms with Gasteiger partial charge in [-0.05, 0) is 50.6 Å². The van der Waals surface area contributed by atoms with Gasteiger partial charge in [-0.15, -0.1) is 0 Å². The van der Waals surface area contributed by atoms with Gasteiger partial charge in [0.25, 0.3) is 0 Å². The summed E-state index contributed by atoms with van der Waals surface area (Å²) in [6, 6.07) is 23.6. The van der Waals surface area contributed by atoms with Crippen LogP contribution in [0.2, 0.25) is 0 Å². The Morgan fingerprint density at radius 2 is 1.43 bits per heavy atom. The molecule has 140 valence electrons. The van der Waals surface area contributed by atoms with Crippen molar-refractivity contribution in [2.45, 2.75) is 27.3 Å². The van der Waals surface area contributed by atoms with Gasteiger partial charge < -0.3 is 0 Å². The summed E-state index contributed by atoms with van der Waals surface area (Å²) in [5.41, 5.74) is 8.70. The fourth-order valence-electron chi connectivity index (χ4n) is 3.70. The second kappa shape index (κ2) is 7.43. The highest BCUT2D eigenvalue weighted by molar-refractivity contribution is 5.74. The molecular weight excluding hydrogens is 347 g/mol. The second-order valence-electron chi connectivity index (χ2n) is 7.35. The average molecular weight is 370 g/mol. The van der Waals surface area contributed by atoms with Gasteiger partial charge in [0, 0.05) is 16.7 Å². The Kier molecular flexibility index (Phi) is 4.82. The molecule has 0 bridgehead atoms. The molecule has 0 unspecified atom stereocenters. The molecule has 4 aromatic rings. The maximum absolute atomic E-state index is 13.7. The maximum atomic E-state index is 13.7. The summed E-state index contributed by atoms with van der Waals surface area (Å²) in [4.78, 5) is 0. The summed E-state index contributed by atoms with van der Waals surface area (Å²) >= 11 is 0. The average Bonchev–Trinajstić information content (AvgIpc) is 2.98. The van der Waals surface area contributed by atoms with E-state index in [0.717, 1.165) is 33.6 Å². The van der Waals surface area contributed by atoms with Crippen molar-refractivity contribution in [3.63, 3.8) is 0 Å². The molecule has 0 aliphatic carbocycles. The van der Waals surface area contributed by atoms with Gasteiger partial charge >= 0.3 is 0 Å². The van der Waals surface area contributed by atoms with Crippen molar-refractivity contribution in [2.24, 2.45) is 0 Å². The monoisotopic (exact) mass is 370 g/mol. The van der Waals surface area contributed by atoms with Crippen LogP contribution in [0.25, 0.3) is 22.5 Å². The van der Waals surface area contributed by atoms with Gasteiger partial charge in [-0.1, -0.05) is 59.7 Å². The standard InChI is InChI=1S/C25H23FN2/c1-17-7-4-10-21(13-17)24-19(3)25(22-11-5-8-18(2)14-22)28(27-24)16-20-9-6-12-23(26)15-20/h4-15H,16H2,1-3H3. The largest absolute Gasteiger partial charge is 0.260 e. The van der Waals surface area contributed by atoms with E-state index in [4.69, 9.17) is 5.10 Å². The molecule has 0 amide bonds. The van der Waals surface area contributed by atoms with Crippen molar-refractivity contribution >= 4 is 0 Å². The number of aryl methyl sites for hydroxylation is 2. The molecule has 0 aliphatic heterocycles. The van der Waals surface area contributed by atoms with Gasteiger partial charge in [0.2, 0.25) is 0 Å². The summed E-state index contributed by atoms with van der Waals surface area (Å²) in [7, 11) is 0. The van der Waals surface area contributed by atoms with Crippen molar-refractivity contribution in [3.8, 4) is 22.5 Å². The Morgan fingerprint density at radius 3 is 2.11 bits per heavy atom. The SMILES string of the molecule is Cc1cccc(-c2nn(Cc3cccc(F)c3)c(-c3cccc(C)c3)c2C)c1. The number of hydrogen-bond donors (Lipinski definition) is 0. The number of halogens is 1. The first-order valence-electron chi connectivity index (χ1n) is 9.47. The smallest absolute Gasteiger partial charge is 0.123 e. The van der Waals surface area contributed by atoms with Crippen molar-refractivity contribution in [3.05, 3.63) is 101 Å². The van der Waals surface area contributed by atoms with E-state index in [1.54, 1.807) is 12.1 Å². The third kappa shape index (κ3) is 3.61. The predicted molar refractivity (Wildman–Crippen MR) is 113 cm³/mol. The van der Waals surface area contributed by atoms with E-state index < -0.39 is 0 Å². The van der Waals surface area contributed by atoms with Crippen molar-refractivity contribution in [1.29, 1.82) is 0 Å². The van der Waals surface area contributed by atoms with Crippen LogP contribution in [-0.4, -0.2) is 9.78 Å². The molecule has 0 fully saturated rings. The molecule has 2 nitrogen and oxygen atoms in total. The quantitative estimate of drug-likeness (QED) is 0.410. The van der Waals surface area contributed by atoms with Crippen LogP contribution < -0.4 is 0 Å². The van der Waals surface area contributed by atoms with Crippen molar-refractivity contribution in [1.82, 2.24) is 9.78 Å². The topological polar surface area (TPSA) is 17.8 Å². The summed E-state index contributed by atoms with van der Waals surface area (Å²) in [5.74, 6) is -0.225. The van der Waals surface area contributed by atoms with E-state index in [1.807, 2.05) is 10.7 Å². The van der Waals surface area contributed by atoms with Crippen molar-refractivity contribution < 1.29 is 4.39 Å². The van der Waals surface area contributed by atoms with E-state index in [2.05, 4.69) is 69.3 Å². The molecule has 3 heteroatoms. The van der Waals surface area contributed by atoms with Crippen LogP contribution in [0.1, 0.15) is 22.3 Å². The van der Waals surface area contributed by atoms with E-state index in [0.29, 0.717) is 6.54 Å². The van der Waals surface area contributed by atoms with Crippen LogP contribution in [0.3, 0.4) is 0 Å². The summed E-state index contributed by atoms with van der Waals surface area (Å²) in [6.07, 6.45) is 0. The van der Waals surface area contributed by atoms with Crippen molar-refractivity contribution in [2.75, 3.05) is 0 Å². The number of benzene rings is 3. The van der Waals surface area contributed by atoms with Gasteiger partial charge in [0.05, 0.1) is 17.9 Å². The normalized spacial score (nSPS) is 11.0. The van der Waals surface area contributed by atoms with E-state index in [9.17, 15) is 4.39 Å². The molecule has 0 spiro atoms. The van der Waals surface area contributed by atoms with Gasteiger partial charge in [0.1, 0.15) is 5.82 Å². The molecule has 28 heavy (non-hydrogen) atoms. The van der Waals surface area contributed by atoms with Gasteiger partial charge in [-0.3, -0.25) is 4.68 Å². The number of hydrogen-bond acceptors (Lipinski definition) is 1. The predicted octanol–water partition coefficient (Wildman–Crippen LogP) is 6.33. The fourth-order valence-corrected chi connectivity index (χ4v) is 3.70. The third-order valence-corrected chi connectivity index (χ3v) is 4.99. The lowest BCUT2D eigenvalue weighted by Gasteiger charge is -2.10. The van der Waals surface area contributed by atoms with Crippen LogP contribution in [0.15, 0.2) is 72.8 Å². The maximum Gasteiger partial charge on any atom is 0.123 e. The summed E-state index contributed by atoms with van der Waals surface area (Å²) in [6.45, 7) is 6.82. The first-order chi connectivity index (χ1) is 13.5. The lowest BCUT2D eigenvalue weighted by molar-refractivity contribution is 0.620. The zero-order chi connectivity index (χ0) is 19.7. The molecule has 0 N–H and O–H groups in total. The number of nitrogens with zero attached hydrogens (tertiary/aromatic N) is 2. The second-order valence-corrected chi connectivity index (χ2v) is 7.35. The molecule has 1 aromatic heterocycles. The Morgan fingerprint density at radius 1 is 0.786 bits per heavy atom. The minimum atomic E-state index is -0.225. The molecule has 0 atom stereocenters. The molecule has 4 rings (SSSR count). The summed E-state index contributed by atoms with van der Waals surface area (Å²) in [5, 5.41) is 4.95. The molecule has 0 radical (unpaired) electrons. The third-order valence-electron chi connectivity index (χ3n) is 4.99. The lowest BCUT2D eigenvalue weighted by Crippen LogP contribution is -2.04. The Labute approximate surface area is 165 Å². The minimum absolute atomic E-state index is 0.225. The molecular formula is C25H23FN2. The van der Waals surface area contributed by atoms with E-state index >= 15 is 0 Å². The lowest BCUT2D eigenvalue weighted by atomic mass is 10.0. The minimum Gasteiger partial charge on any atom is -0.260 e. The first kappa shape index (κ1) is 18.2. The van der Waals surface area contributed by atoms with Crippen LogP contribution in [0.5, 0.6) is 0 Å². The Bertz CT molecular complexity index is 1140. The van der Waals surface area contributed by atoms with Crippen LogP contribution >= 0.6 is 0 Å². The van der Waals surface area contributed by atoms with Crippen LogP contribution in [-0.2, 0) is 6.54 Å². The van der Waals surface area contributed by atoms with Crippen LogP contribution in [0, 0.1) is 26.6 Å². The highest BCUT2D eigenvalue weighted by Crippen LogP contribution is 2.33. The van der Waals surface area contributed by atoms with E-state index in [-0.39, 0.29) is 5.82 Å². The first-order valence-corrected chi connectivity index (χ1v) is 9.47. The number of aromatic nitrogens is 2. The van der Waals surface area contributed by atoms with Crippen LogP contribution in [0.4, 0.5) is 4.39 Å². The van der Waals surface area contributed by atoms with Gasteiger partial charge in [-0.25, -0.2) is 4.39 Å². The zero-order valence-electron chi connectivity index (χ0n) is 16.4.